The number of aryl methyl sites for hydroxylation is 2. The average Bonchev–Trinajstić information content (AvgIpc) is 2.65. The summed E-state index contributed by atoms with van der Waals surface area (Å²) in [6.45, 7) is 7.71. The molecule has 2 rings (SSSR count). The zero-order chi connectivity index (χ0) is 13.0. The van der Waals surface area contributed by atoms with Crippen LogP contribution in [0.4, 0.5) is 0 Å². The van der Waals surface area contributed by atoms with E-state index in [1.54, 1.807) is 0 Å². The molecule has 0 unspecified atom stereocenters. The van der Waals surface area contributed by atoms with Gasteiger partial charge in [0.25, 0.3) is 0 Å². The fraction of sp³-hybridized carbons (Fsp3) is 0.412. The van der Waals surface area contributed by atoms with Crippen LogP contribution in [-0.4, -0.2) is 4.57 Å². The topological polar surface area (TPSA) is 4.93 Å². The van der Waals surface area contributed by atoms with Gasteiger partial charge in [0.05, 0.1) is 0 Å². The molecule has 0 bridgehead atoms. The summed E-state index contributed by atoms with van der Waals surface area (Å²) in [6.07, 6.45) is 3.77. The third kappa shape index (κ3) is 2.84. The number of hydrogen-bond acceptors (Lipinski definition) is 0. The van der Waals surface area contributed by atoms with E-state index in [-0.39, 0.29) is 0 Å². The molecule has 0 atom stereocenters. The number of rotatable bonds is 5. The molecule has 0 spiro atoms. The Hall–Kier alpha value is -1.50. The summed E-state index contributed by atoms with van der Waals surface area (Å²) in [7, 11) is 0. The lowest BCUT2D eigenvalue weighted by molar-refractivity contribution is 0.734. The largest absolute Gasteiger partial charge is 0.345 e. The number of benzene rings is 1. The fourth-order valence-electron chi connectivity index (χ4n) is 2.50. The Morgan fingerprint density at radius 2 is 1.78 bits per heavy atom. The fourth-order valence-corrected chi connectivity index (χ4v) is 2.50. The predicted octanol–water partition coefficient (Wildman–Crippen LogP) is 4.50. The second-order valence-electron chi connectivity index (χ2n) is 5.07. The standard InChI is InChI=1S/C17H23N/c1-4-5-11-17-12-14(2)18(15(17)3)13-16-9-7-6-8-10-16/h6-10,12H,4-5,11,13H2,1-3H3. The normalized spacial score (nSPS) is 10.8. The van der Waals surface area contributed by atoms with Crippen LogP contribution in [0.5, 0.6) is 0 Å². The molecule has 1 nitrogen and oxygen atoms in total. The van der Waals surface area contributed by atoms with Crippen LogP contribution in [0.15, 0.2) is 36.4 Å². The molecule has 0 radical (unpaired) electrons. The van der Waals surface area contributed by atoms with Gasteiger partial charge in [-0.3, -0.25) is 0 Å². The Balaban J connectivity index is 2.20. The van der Waals surface area contributed by atoms with Crippen molar-refractivity contribution in [1.29, 1.82) is 0 Å². The van der Waals surface area contributed by atoms with Crippen molar-refractivity contribution in [3.63, 3.8) is 0 Å². The van der Waals surface area contributed by atoms with Crippen LogP contribution in [0, 0.1) is 13.8 Å². The highest BCUT2D eigenvalue weighted by molar-refractivity contribution is 5.28. The molecule has 0 amide bonds. The van der Waals surface area contributed by atoms with Gasteiger partial charge in [-0.2, -0.15) is 0 Å². The second kappa shape index (κ2) is 5.90. The first-order chi connectivity index (χ1) is 8.72. The summed E-state index contributed by atoms with van der Waals surface area (Å²) < 4.78 is 2.43. The van der Waals surface area contributed by atoms with Gasteiger partial charge >= 0.3 is 0 Å². The number of hydrogen-bond donors (Lipinski definition) is 0. The van der Waals surface area contributed by atoms with Gasteiger partial charge in [-0.05, 0) is 43.9 Å². The molecule has 18 heavy (non-hydrogen) atoms. The van der Waals surface area contributed by atoms with E-state index < -0.39 is 0 Å². The Labute approximate surface area is 110 Å². The van der Waals surface area contributed by atoms with Gasteiger partial charge in [0.2, 0.25) is 0 Å². The zero-order valence-electron chi connectivity index (χ0n) is 11.7. The Bertz CT molecular complexity index is 494. The highest BCUT2D eigenvalue weighted by Crippen LogP contribution is 2.18. The lowest BCUT2D eigenvalue weighted by Gasteiger charge is -2.10. The van der Waals surface area contributed by atoms with Crippen LogP contribution in [0.3, 0.4) is 0 Å². The summed E-state index contributed by atoms with van der Waals surface area (Å²) in [5.74, 6) is 0. The minimum atomic E-state index is 0.991. The van der Waals surface area contributed by atoms with Crippen molar-refractivity contribution in [2.75, 3.05) is 0 Å². The highest BCUT2D eigenvalue weighted by Gasteiger charge is 2.08. The number of nitrogens with zero attached hydrogens (tertiary/aromatic N) is 1. The van der Waals surface area contributed by atoms with E-state index in [1.807, 2.05) is 0 Å². The van der Waals surface area contributed by atoms with E-state index in [4.69, 9.17) is 0 Å². The van der Waals surface area contributed by atoms with Crippen LogP contribution in [0.2, 0.25) is 0 Å². The first-order valence-electron chi connectivity index (χ1n) is 6.92. The van der Waals surface area contributed by atoms with E-state index in [0.717, 1.165) is 6.54 Å². The predicted molar refractivity (Wildman–Crippen MR) is 78.1 cm³/mol. The smallest absolute Gasteiger partial charge is 0.0475 e. The molecule has 2 aromatic rings. The monoisotopic (exact) mass is 241 g/mol. The third-order valence-corrected chi connectivity index (χ3v) is 3.66. The molecule has 1 heterocycles. The number of unbranched alkanes of at least 4 members (excludes halogenated alkanes) is 1. The van der Waals surface area contributed by atoms with Crippen molar-refractivity contribution in [3.05, 3.63) is 58.9 Å². The minimum absolute atomic E-state index is 0.991. The maximum atomic E-state index is 2.43. The summed E-state index contributed by atoms with van der Waals surface area (Å²) in [4.78, 5) is 0. The molecule has 1 heteroatoms. The molecular formula is C17H23N. The number of aromatic nitrogens is 1. The lowest BCUT2D eigenvalue weighted by atomic mass is 10.1. The van der Waals surface area contributed by atoms with Crippen LogP contribution in [-0.2, 0) is 13.0 Å². The van der Waals surface area contributed by atoms with Gasteiger partial charge in [0.1, 0.15) is 0 Å². The second-order valence-corrected chi connectivity index (χ2v) is 5.07. The van der Waals surface area contributed by atoms with Crippen molar-refractivity contribution in [2.24, 2.45) is 0 Å². The molecule has 0 N–H and O–H groups in total. The molecule has 0 aliphatic rings. The van der Waals surface area contributed by atoms with Crippen molar-refractivity contribution >= 4 is 0 Å². The molecule has 0 fully saturated rings. The van der Waals surface area contributed by atoms with Crippen LogP contribution < -0.4 is 0 Å². The lowest BCUT2D eigenvalue weighted by Crippen LogP contribution is -2.04. The molecule has 1 aromatic carbocycles. The average molecular weight is 241 g/mol. The first-order valence-corrected chi connectivity index (χ1v) is 6.92. The van der Waals surface area contributed by atoms with Gasteiger partial charge in [0.15, 0.2) is 0 Å². The molecule has 0 aliphatic carbocycles. The van der Waals surface area contributed by atoms with Crippen LogP contribution in [0.25, 0.3) is 0 Å². The van der Waals surface area contributed by atoms with Crippen molar-refractivity contribution in [3.8, 4) is 0 Å². The van der Waals surface area contributed by atoms with E-state index in [0.29, 0.717) is 0 Å². The highest BCUT2D eigenvalue weighted by atomic mass is 15.0. The van der Waals surface area contributed by atoms with Gasteiger partial charge in [-0.25, -0.2) is 0 Å². The quantitative estimate of drug-likeness (QED) is 0.726. The Morgan fingerprint density at radius 3 is 2.44 bits per heavy atom. The Morgan fingerprint density at radius 1 is 1.06 bits per heavy atom. The van der Waals surface area contributed by atoms with E-state index in [1.165, 1.54) is 41.8 Å². The molecule has 0 saturated carbocycles. The van der Waals surface area contributed by atoms with Crippen molar-refractivity contribution in [2.45, 2.75) is 46.6 Å². The van der Waals surface area contributed by atoms with Gasteiger partial charge in [0, 0.05) is 17.9 Å². The van der Waals surface area contributed by atoms with Crippen LogP contribution in [0.1, 0.15) is 42.3 Å². The van der Waals surface area contributed by atoms with Crippen LogP contribution >= 0.6 is 0 Å². The molecular weight excluding hydrogens is 218 g/mol. The molecule has 1 aromatic heterocycles. The molecule has 96 valence electrons. The van der Waals surface area contributed by atoms with E-state index in [2.05, 4.69) is 61.7 Å². The van der Waals surface area contributed by atoms with E-state index >= 15 is 0 Å². The summed E-state index contributed by atoms with van der Waals surface area (Å²) in [6, 6.07) is 13.1. The van der Waals surface area contributed by atoms with Crippen molar-refractivity contribution in [1.82, 2.24) is 4.57 Å². The molecule has 0 aliphatic heterocycles. The maximum Gasteiger partial charge on any atom is 0.0475 e. The van der Waals surface area contributed by atoms with Gasteiger partial charge in [-0.1, -0.05) is 43.7 Å². The van der Waals surface area contributed by atoms with E-state index in [9.17, 15) is 0 Å². The first kappa shape index (κ1) is 12.9. The SMILES string of the molecule is CCCCc1cc(C)n(Cc2ccccc2)c1C. The van der Waals surface area contributed by atoms with Gasteiger partial charge in [-0.15, -0.1) is 0 Å². The summed E-state index contributed by atoms with van der Waals surface area (Å²) in [5, 5.41) is 0. The maximum absolute atomic E-state index is 2.43. The third-order valence-electron chi connectivity index (χ3n) is 3.66. The van der Waals surface area contributed by atoms with Gasteiger partial charge < -0.3 is 4.57 Å². The Kier molecular flexibility index (Phi) is 4.24. The summed E-state index contributed by atoms with van der Waals surface area (Å²) >= 11 is 0. The minimum Gasteiger partial charge on any atom is -0.345 e. The molecule has 0 saturated heterocycles. The zero-order valence-corrected chi connectivity index (χ0v) is 11.7. The van der Waals surface area contributed by atoms with Crippen molar-refractivity contribution < 1.29 is 0 Å². The summed E-state index contributed by atoms with van der Waals surface area (Å²) in [5.41, 5.74) is 5.71.